The summed E-state index contributed by atoms with van der Waals surface area (Å²) in [6.07, 6.45) is 1.03. The van der Waals surface area contributed by atoms with E-state index in [0.29, 0.717) is 23.8 Å². The number of benzene rings is 2. The van der Waals surface area contributed by atoms with Gasteiger partial charge in [-0.2, -0.15) is 0 Å². The van der Waals surface area contributed by atoms with E-state index in [1.165, 1.54) is 5.56 Å². The number of aliphatic imine (C=N–C) groups is 1. The fourth-order valence-electron chi connectivity index (χ4n) is 2.78. The van der Waals surface area contributed by atoms with Crippen molar-refractivity contribution in [2.24, 2.45) is 10.7 Å². The van der Waals surface area contributed by atoms with Gasteiger partial charge in [-0.15, -0.1) is 0 Å². The van der Waals surface area contributed by atoms with Crippen LogP contribution in [0.25, 0.3) is 0 Å². The minimum Gasteiger partial charge on any atom is -0.384 e. The Morgan fingerprint density at radius 2 is 1.84 bits per heavy atom. The lowest BCUT2D eigenvalue weighted by molar-refractivity contribution is 0.458. The van der Waals surface area contributed by atoms with Crippen molar-refractivity contribution in [1.29, 1.82) is 0 Å². The number of nitrogens with zero attached hydrogens (tertiary/aromatic N) is 2. The number of anilines is 1. The smallest absolute Gasteiger partial charge is 0.127 e. The van der Waals surface area contributed by atoms with Crippen LogP contribution in [0.4, 0.5) is 5.69 Å². The van der Waals surface area contributed by atoms with Crippen LogP contribution >= 0.6 is 0 Å². The zero-order valence-corrected chi connectivity index (χ0v) is 14.8. The first-order valence-electron chi connectivity index (χ1n) is 8.47. The molecule has 3 N–H and O–H groups in total. The lowest BCUT2D eigenvalue weighted by atomic mass is 10.0. The van der Waals surface area contributed by atoms with Gasteiger partial charge < -0.3 is 16.0 Å². The maximum Gasteiger partial charge on any atom is 0.127 e. The van der Waals surface area contributed by atoms with E-state index >= 15 is 0 Å². The molecule has 0 unspecified atom stereocenters. The van der Waals surface area contributed by atoms with Gasteiger partial charge >= 0.3 is 0 Å². The topological polar surface area (TPSA) is 53.6 Å². The van der Waals surface area contributed by atoms with Gasteiger partial charge in [-0.25, -0.2) is 4.99 Å². The number of hydrogen-bond donors (Lipinski definition) is 2. The number of hydrogen-bond acceptors (Lipinski definition) is 4. The highest BCUT2D eigenvalue weighted by atomic mass is 15.2. The molecular formula is C21H24N4. The standard InChI is InChI=1S/C21H24N4/c1-4-16-10-12-17(13-11-16)19-14-25(3)21(22)20(24-19)15(2)23-18-8-6-5-7-9-18/h5-13,23H,2,4,14,22H2,1,3H3. The van der Waals surface area contributed by atoms with E-state index in [2.05, 4.69) is 43.1 Å². The van der Waals surface area contributed by atoms with Crippen molar-refractivity contribution < 1.29 is 0 Å². The summed E-state index contributed by atoms with van der Waals surface area (Å²) in [5, 5.41) is 3.29. The van der Waals surface area contributed by atoms with Crippen molar-refractivity contribution in [3.05, 3.63) is 89.5 Å². The molecule has 0 amide bonds. The minimum absolute atomic E-state index is 0.627. The SMILES string of the molecule is C=C(Nc1ccccc1)C1=C(N)N(C)CC(c2ccc(CC)cc2)=N1. The van der Waals surface area contributed by atoms with Crippen molar-refractivity contribution in [3.63, 3.8) is 0 Å². The van der Waals surface area contributed by atoms with Gasteiger partial charge in [0.25, 0.3) is 0 Å². The molecule has 0 fully saturated rings. The molecule has 1 aliphatic rings. The van der Waals surface area contributed by atoms with E-state index in [4.69, 9.17) is 10.7 Å². The van der Waals surface area contributed by atoms with Gasteiger partial charge in [0, 0.05) is 12.7 Å². The van der Waals surface area contributed by atoms with E-state index in [-0.39, 0.29) is 0 Å². The monoisotopic (exact) mass is 332 g/mol. The lowest BCUT2D eigenvalue weighted by Gasteiger charge is -2.28. The van der Waals surface area contributed by atoms with Gasteiger partial charge in [0.1, 0.15) is 11.5 Å². The average Bonchev–Trinajstić information content (AvgIpc) is 2.64. The van der Waals surface area contributed by atoms with Crippen LogP contribution in [0.15, 0.2) is 83.4 Å². The van der Waals surface area contributed by atoms with E-state index in [0.717, 1.165) is 23.4 Å². The van der Waals surface area contributed by atoms with E-state index in [1.54, 1.807) is 0 Å². The Balaban J connectivity index is 1.89. The molecule has 25 heavy (non-hydrogen) atoms. The first-order chi connectivity index (χ1) is 12.1. The molecule has 0 saturated carbocycles. The molecule has 128 valence electrons. The maximum absolute atomic E-state index is 6.26. The summed E-state index contributed by atoms with van der Waals surface area (Å²) in [5.41, 5.74) is 12.0. The Kier molecular flexibility index (Phi) is 4.89. The number of nitrogens with two attached hydrogens (primary N) is 1. The third-order valence-electron chi connectivity index (χ3n) is 4.34. The zero-order valence-electron chi connectivity index (χ0n) is 14.8. The Morgan fingerprint density at radius 3 is 2.48 bits per heavy atom. The molecule has 0 spiro atoms. The van der Waals surface area contributed by atoms with Crippen LogP contribution in [0, 0.1) is 0 Å². The summed E-state index contributed by atoms with van der Waals surface area (Å²) in [5.74, 6) is 0.627. The Bertz CT molecular complexity index is 817. The molecule has 1 heterocycles. The Labute approximate surface area is 149 Å². The van der Waals surface area contributed by atoms with Gasteiger partial charge in [-0.1, -0.05) is 56.0 Å². The van der Waals surface area contributed by atoms with Crippen molar-refractivity contribution >= 4 is 11.4 Å². The highest BCUT2D eigenvalue weighted by molar-refractivity contribution is 6.03. The van der Waals surface area contributed by atoms with Gasteiger partial charge in [-0.3, -0.25) is 0 Å². The molecule has 0 aromatic heterocycles. The lowest BCUT2D eigenvalue weighted by Crippen LogP contribution is -2.35. The molecule has 1 aliphatic heterocycles. The van der Waals surface area contributed by atoms with Gasteiger partial charge in [-0.05, 0) is 29.7 Å². The number of likely N-dealkylation sites (N-methyl/N-ethyl adjacent to an activating group) is 1. The summed E-state index contributed by atoms with van der Waals surface area (Å²) in [6, 6.07) is 18.5. The largest absolute Gasteiger partial charge is 0.384 e. The molecule has 4 heteroatoms. The first-order valence-corrected chi connectivity index (χ1v) is 8.47. The fraction of sp³-hybridized carbons (Fsp3) is 0.190. The molecule has 0 radical (unpaired) electrons. The van der Waals surface area contributed by atoms with Crippen molar-refractivity contribution in [2.45, 2.75) is 13.3 Å². The summed E-state index contributed by atoms with van der Waals surface area (Å²) in [6.45, 7) is 6.97. The van der Waals surface area contributed by atoms with Crippen LogP contribution in [0.5, 0.6) is 0 Å². The zero-order chi connectivity index (χ0) is 17.8. The van der Waals surface area contributed by atoms with Crippen LogP contribution in [0.1, 0.15) is 18.1 Å². The summed E-state index contributed by atoms with van der Waals surface area (Å²) >= 11 is 0. The molecule has 2 aromatic rings. The Morgan fingerprint density at radius 1 is 1.16 bits per heavy atom. The molecule has 2 aromatic carbocycles. The van der Waals surface area contributed by atoms with Crippen LogP contribution in [0.2, 0.25) is 0 Å². The van der Waals surface area contributed by atoms with Crippen molar-refractivity contribution in [3.8, 4) is 0 Å². The maximum atomic E-state index is 6.26. The third kappa shape index (κ3) is 3.74. The quantitative estimate of drug-likeness (QED) is 0.877. The first kappa shape index (κ1) is 16.8. The second kappa shape index (κ2) is 7.26. The second-order valence-corrected chi connectivity index (χ2v) is 6.17. The number of nitrogens with one attached hydrogen (secondary N) is 1. The summed E-state index contributed by atoms with van der Waals surface area (Å²) in [7, 11) is 1.97. The molecule has 0 atom stereocenters. The van der Waals surface area contributed by atoms with Crippen LogP contribution in [-0.4, -0.2) is 24.2 Å². The van der Waals surface area contributed by atoms with E-state index in [9.17, 15) is 0 Å². The number of para-hydroxylation sites is 1. The third-order valence-corrected chi connectivity index (χ3v) is 4.34. The molecule has 4 nitrogen and oxygen atoms in total. The molecule has 0 bridgehead atoms. The van der Waals surface area contributed by atoms with Crippen molar-refractivity contribution in [2.75, 3.05) is 18.9 Å². The normalized spacial score (nSPS) is 14.3. The number of rotatable bonds is 5. The van der Waals surface area contributed by atoms with Crippen LogP contribution in [-0.2, 0) is 6.42 Å². The fourth-order valence-corrected chi connectivity index (χ4v) is 2.78. The number of aryl methyl sites for hydroxylation is 1. The minimum atomic E-state index is 0.627. The average molecular weight is 332 g/mol. The van der Waals surface area contributed by atoms with Gasteiger partial charge in [0.2, 0.25) is 0 Å². The molecule has 0 saturated heterocycles. The summed E-state index contributed by atoms with van der Waals surface area (Å²) in [4.78, 5) is 6.81. The molecule has 0 aliphatic carbocycles. The van der Waals surface area contributed by atoms with E-state index in [1.807, 2.05) is 42.3 Å². The predicted molar refractivity (Wildman–Crippen MR) is 105 cm³/mol. The second-order valence-electron chi connectivity index (χ2n) is 6.17. The van der Waals surface area contributed by atoms with Crippen LogP contribution in [0.3, 0.4) is 0 Å². The molecular weight excluding hydrogens is 308 g/mol. The van der Waals surface area contributed by atoms with Crippen LogP contribution < -0.4 is 11.1 Å². The van der Waals surface area contributed by atoms with E-state index < -0.39 is 0 Å². The molecule has 3 rings (SSSR count). The predicted octanol–water partition coefficient (Wildman–Crippen LogP) is 3.74. The highest BCUT2D eigenvalue weighted by Gasteiger charge is 2.20. The van der Waals surface area contributed by atoms with Crippen molar-refractivity contribution in [1.82, 2.24) is 4.90 Å². The summed E-state index contributed by atoms with van der Waals surface area (Å²) < 4.78 is 0. The van der Waals surface area contributed by atoms with Gasteiger partial charge in [0.05, 0.1) is 18.0 Å². The highest BCUT2D eigenvalue weighted by Crippen LogP contribution is 2.23. The van der Waals surface area contributed by atoms with Gasteiger partial charge in [0.15, 0.2) is 0 Å². The Hall–Kier alpha value is -3.01.